The molecule has 0 saturated carbocycles. The van der Waals surface area contributed by atoms with Crippen LogP contribution in [0.5, 0.6) is 0 Å². The van der Waals surface area contributed by atoms with Crippen molar-refractivity contribution in [3.8, 4) is 0 Å². The molecule has 0 aliphatic carbocycles. The molecule has 0 aromatic rings. The van der Waals surface area contributed by atoms with Gasteiger partial charge in [0.2, 0.25) is 0 Å². The van der Waals surface area contributed by atoms with Crippen molar-refractivity contribution in [2.45, 2.75) is 239 Å². The zero-order valence-electron chi connectivity index (χ0n) is 40.5. The fraction of sp³-hybridized carbons (Fsp3) is 0.900. The van der Waals surface area contributed by atoms with E-state index in [-0.39, 0.29) is 75.3 Å². The van der Waals surface area contributed by atoms with Gasteiger partial charge in [-0.05, 0) is 0 Å². The third-order valence-corrected chi connectivity index (χ3v) is 11.3. The van der Waals surface area contributed by atoms with Crippen molar-refractivity contribution in [2.75, 3.05) is 40.1 Å². The summed E-state index contributed by atoms with van der Waals surface area (Å²) < 4.78 is 28.3. The summed E-state index contributed by atoms with van der Waals surface area (Å²) in [6.45, 7) is 11.5. The molecule has 0 fully saturated rings. The molecule has 0 aromatic heterocycles. The van der Waals surface area contributed by atoms with E-state index in [9.17, 15) is 24.3 Å². The second-order valence-electron chi connectivity index (χ2n) is 17.5. The number of esters is 4. The first kappa shape index (κ1) is 59.7. The Morgan fingerprint density at radius 1 is 0.484 bits per heavy atom. The Balaban J connectivity index is 5.12. The van der Waals surface area contributed by atoms with Crippen LogP contribution >= 0.6 is 0 Å². The van der Waals surface area contributed by atoms with Gasteiger partial charge >= 0.3 is 276 Å². The fourth-order valence-corrected chi connectivity index (χ4v) is 7.10. The number of likely N-dealkylation sites (N-methyl/N-ethyl adjacent to an activating group) is 1. The zero-order chi connectivity index (χ0) is 45.7. The molecule has 0 aromatic carbocycles. The summed E-state index contributed by atoms with van der Waals surface area (Å²) in [6.07, 6.45) is 27.8. The molecule has 62 heavy (non-hydrogen) atoms. The Kier molecular flexibility index (Phi) is 43.6. The van der Waals surface area contributed by atoms with E-state index in [0.29, 0.717) is 38.4 Å². The SMILES string of the molecule is CCCCCCCCC(=O)OCC(CC=BCC(COC(O)CC(COC(=O)CCCCCCCC)COC(=O)CCCCCCCC)NC)COC(=O)CCCCCCCC. The molecule has 0 rings (SSSR count). The number of carbonyl (C=O) groups is 4. The number of ether oxygens (including phenoxy) is 5. The van der Waals surface area contributed by atoms with Gasteiger partial charge in [0, 0.05) is 0 Å². The van der Waals surface area contributed by atoms with Gasteiger partial charge in [0.15, 0.2) is 0 Å². The van der Waals surface area contributed by atoms with Crippen LogP contribution in [0.3, 0.4) is 0 Å². The maximum absolute atomic E-state index is 12.5. The minimum atomic E-state index is -1.14. The maximum atomic E-state index is 12.5. The molecule has 0 aliphatic rings. The van der Waals surface area contributed by atoms with Crippen molar-refractivity contribution in [1.82, 2.24) is 5.32 Å². The van der Waals surface area contributed by atoms with E-state index in [1.807, 2.05) is 19.9 Å². The summed E-state index contributed by atoms with van der Waals surface area (Å²) in [5.41, 5.74) is 0. The first-order valence-electron chi connectivity index (χ1n) is 25.4. The third-order valence-electron chi connectivity index (χ3n) is 11.3. The van der Waals surface area contributed by atoms with Crippen molar-refractivity contribution in [3.05, 3.63) is 0 Å². The smallest absolute Gasteiger partial charge is 0.0654 e. The van der Waals surface area contributed by atoms with Gasteiger partial charge in [0.05, 0.1) is 0 Å². The van der Waals surface area contributed by atoms with Crippen LogP contribution in [0.15, 0.2) is 0 Å². The summed E-state index contributed by atoms with van der Waals surface area (Å²) in [6, 6.07) is -0.103. The van der Waals surface area contributed by atoms with Crippen LogP contribution in [0.4, 0.5) is 0 Å². The minimum absolute atomic E-state index is 0.0431. The van der Waals surface area contributed by atoms with Crippen molar-refractivity contribution in [1.29, 1.82) is 0 Å². The van der Waals surface area contributed by atoms with Crippen LogP contribution in [0.25, 0.3) is 0 Å². The number of unbranched alkanes of at least 4 members (excludes halogenated alkanes) is 20. The summed E-state index contributed by atoms with van der Waals surface area (Å²) >= 11 is 0. The van der Waals surface area contributed by atoms with Gasteiger partial charge in [-0.15, -0.1) is 0 Å². The molecule has 0 aliphatic heterocycles. The molecule has 2 atom stereocenters. The average Bonchev–Trinajstić information content (AvgIpc) is 3.26. The topological polar surface area (TPSA) is 147 Å². The second-order valence-corrected chi connectivity index (χ2v) is 17.5. The van der Waals surface area contributed by atoms with Crippen LogP contribution in [-0.4, -0.2) is 94.3 Å². The number of aliphatic hydroxyl groups excluding tert-OH is 1. The molecule has 0 saturated heterocycles. The van der Waals surface area contributed by atoms with Crippen molar-refractivity contribution >= 4 is 36.8 Å². The summed E-state index contributed by atoms with van der Waals surface area (Å²) in [5, 5.41) is 14.1. The Hall–Kier alpha value is -2.31. The van der Waals surface area contributed by atoms with E-state index < -0.39 is 12.2 Å². The molecule has 0 bridgehead atoms. The molecule has 362 valence electrons. The van der Waals surface area contributed by atoms with Crippen LogP contribution in [0.2, 0.25) is 6.32 Å². The normalized spacial score (nSPS) is 12.5. The number of hydrogen-bond acceptors (Lipinski definition) is 11. The van der Waals surface area contributed by atoms with Crippen molar-refractivity contribution in [3.63, 3.8) is 0 Å². The van der Waals surface area contributed by atoms with Crippen LogP contribution in [0.1, 0.15) is 220 Å². The molecule has 0 amide bonds. The van der Waals surface area contributed by atoms with E-state index in [1.165, 1.54) is 77.0 Å². The van der Waals surface area contributed by atoms with Gasteiger partial charge in [0.1, 0.15) is 0 Å². The van der Waals surface area contributed by atoms with Crippen LogP contribution < -0.4 is 5.32 Å². The van der Waals surface area contributed by atoms with Gasteiger partial charge in [-0.1, -0.05) is 105 Å². The van der Waals surface area contributed by atoms with Gasteiger partial charge in [-0.3, -0.25) is 0 Å². The van der Waals surface area contributed by atoms with Gasteiger partial charge in [0.25, 0.3) is 0 Å². The molecular weight excluding hydrogens is 785 g/mol. The van der Waals surface area contributed by atoms with Gasteiger partial charge in [-0.25, -0.2) is 0 Å². The summed E-state index contributed by atoms with van der Waals surface area (Å²) in [7, 11) is 1.83. The second kappa shape index (κ2) is 45.3. The number of carbonyl (C=O) groups excluding carboxylic acids is 4. The summed E-state index contributed by atoms with van der Waals surface area (Å²) in [5.74, 6) is 0.483. The number of rotatable bonds is 46. The number of aliphatic hydroxyl groups is 1. The van der Waals surface area contributed by atoms with E-state index in [4.69, 9.17) is 23.7 Å². The Bertz CT molecular complexity index is 1030. The zero-order valence-corrected chi connectivity index (χ0v) is 40.5. The molecule has 2 N–H and O–H groups in total. The van der Waals surface area contributed by atoms with Gasteiger partial charge in [-0.2, -0.15) is 0 Å². The molecular formula is C50H94BNO10. The summed E-state index contributed by atoms with van der Waals surface area (Å²) in [4.78, 5) is 50.1. The molecule has 11 nitrogen and oxygen atoms in total. The van der Waals surface area contributed by atoms with Crippen LogP contribution in [-0.2, 0) is 42.9 Å². The fourth-order valence-electron chi connectivity index (χ4n) is 7.10. The Morgan fingerprint density at radius 2 is 0.806 bits per heavy atom. The van der Waals surface area contributed by atoms with E-state index in [0.717, 1.165) is 77.0 Å². The van der Waals surface area contributed by atoms with Crippen LogP contribution in [0, 0.1) is 11.8 Å². The molecule has 2 unspecified atom stereocenters. The van der Waals surface area contributed by atoms with E-state index in [2.05, 4.69) is 33.0 Å². The molecule has 12 heteroatoms. The Labute approximate surface area is 379 Å². The monoisotopic (exact) mass is 880 g/mol. The predicted molar refractivity (Wildman–Crippen MR) is 253 cm³/mol. The van der Waals surface area contributed by atoms with E-state index >= 15 is 0 Å². The van der Waals surface area contributed by atoms with Crippen molar-refractivity contribution < 1.29 is 48.0 Å². The first-order valence-corrected chi connectivity index (χ1v) is 25.4. The molecule has 0 radical (unpaired) electrons. The van der Waals surface area contributed by atoms with E-state index in [1.54, 1.807) is 0 Å². The van der Waals surface area contributed by atoms with Gasteiger partial charge < -0.3 is 0 Å². The Morgan fingerprint density at radius 3 is 1.15 bits per heavy atom. The third kappa shape index (κ3) is 40.5. The first-order chi connectivity index (χ1) is 30.2. The van der Waals surface area contributed by atoms with Crippen molar-refractivity contribution in [2.24, 2.45) is 11.8 Å². The average molecular weight is 880 g/mol. The number of hydrogen-bond donors (Lipinski definition) is 2. The molecule has 0 heterocycles. The quantitative estimate of drug-likeness (QED) is 0.0198. The number of nitrogens with one attached hydrogen (secondary N) is 1. The standard InChI is InChI=1S/C50H94BNO10/c1-6-10-14-18-22-26-30-46(53)58-38-43(39-59-47(54)31-27-23-19-15-11-7-2)34-35-51-37-45(52-5)42-62-50(57)36-44(40-60-48(55)32-28-24-20-16-12-8-3)41-61-49(56)33-29-25-21-17-13-9-4/h35,43-45,50,52,57H,6-34,36-42H2,1-5H3. The minimum Gasteiger partial charge on any atom is -0.0654 e. The predicted octanol–water partition coefficient (Wildman–Crippen LogP) is 11.0. The molecule has 0 spiro atoms.